The van der Waals surface area contributed by atoms with Gasteiger partial charge in [0, 0.05) is 22.9 Å². The van der Waals surface area contributed by atoms with E-state index >= 15 is 0 Å². The maximum atomic E-state index is 12.5. The third-order valence-electron chi connectivity index (χ3n) is 3.71. The van der Waals surface area contributed by atoms with E-state index in [2.05, 4.69) is 29.8 Å². The molecule has 6 nitrogen and oxygen atoms in total. The summed E-state index contributed by atoms with van der Waals surface area (Å²) in [5.41, 5.74) is 1.56. The van der Waals surface area contributed by atoms with Gasteiger partial charge in [0.1, 0.15) is 5.75 Å². The molecule has 0 unspecified atom stereocenters. The molecule has 2 aromatic rings. The molecule has 0 aliphatic carbocycles. The number of hydrogen-bond donors (Lipinski definition) is 3. The van der Waals surface area contributed by atoms with Gasteiger partial charge in [-0.1, -0.05) is 26.0 Å². The molecule has 3 N–H and O–H groups in total. The van der Waals surface area contributed by atoms with Crippen molar-refractivity contribution in [1.29, 1.82) is 0 Å². The first-order valence-corrected chi connectivity index (χ1v) is 9.91. The quantitative estimate of drug-likeness (QED) is 0.598. The van der Waals surface area contributed by atoms with E-state index in [0.29, 0.717) is 35.1 Å². The van der Waals surface area contributed by atoms with Crippen LogP contribution in [0.1, 0.15) is 48.4 Å². The maximum absolute atomic E-state index is 12.5. The highest BCUT2D eigenvalue weighted by Crippen LogP contribution is 2.15. The van der Waals surface area contributed by atoms with Gasteiger partial charge in [0.25, 0.3) is 11.8 Å². The van der Waals surface area contributed by atoms with Crippen molar-refractivity contribution in [1.82, 2.24) is 10.6 Å². The molecular weight excluding hydrogens is 386 g/mol. The highest BCUT2D eigenvalue weighted by Gasteiger charge is 2.11. The molecule has 0 fully saturated rings. The molecule has 0 saturated carbocycles. The lowest BCUT2D eigenvalue weighted by Crippen LogP contribution is -2.34. The molecular formula is C22H27N3O3S. The van der Waals surface area contributed by atoms with Gasteiger partial charge < -0.3 is 15.4 Å². The Morgan fingerprint density at radius 2 is 1.62 bits per heavy atom. The Kier molecular flexibility index (Phi) is 8.15. The van der Waals surface area contributed by atoms with Gasteiger partial charge in [-0.15, -0.1) is 0 Å². The van der Waals surface area contributed by atoms with Gasteiger partial charge in [0.15, 0.2) is 5.11 Å². The molecule has 0 bridgehead atoms. The number of amides is 2. The third kappa shape index (κ3) is 7.54. The van der Waals surface area contributed by atoms with E-state index in [1.165, 1.54) is 0 Å². The Balaban J connectivity index is 1.98. The molecule has 29 heavy (non-hydrogen) atoms. The molecule has 0 heterocycles. The van der Waals surface area contributed by atoms with Crippen LogP contribution in [0.15, 0.2) is 48.5 Å². The zero-order valence-corrected chi connectivity index (χ0v) is 17.9. The SMILES string of the molecule is CC(C)COc1cccc(C(=O)NC(=S)Nc2cccc(C(=O)NC(C)C)c2)c1. The van der Waals surface area contributed by atoms with Crippen molar-refractivity contribution in [2.45, 2.75) is 33.7 Å². The van der Waals surface area contributed by atoms with Crippen molar-refractivity contribution in [3.8, 4) is 5.75 Å². The molecule has 0 aromatic heterocycles. The molecule has 0 spiro atoms. The van der Waals surface area contributed by atoms with Crippen LogP contribution in [0.3, 0.4) is 0 Å². The first-order chi connectivity index (χ1) is 13.7. The summed E-state index contributed by atoms with van der Waals surface area (Å²) in [6.07, 6.45) is 0. The molecule has 2 aromatic carbocycles. The van der Waals surface area contributed by atoms with Gasteiger partial charge in [-0.3, -0.25) is 14.9 Å². The molecule has 154 valence electrons. The smallest absolute Gasteiger partial charge is 0.257 e. The van der Waals surface area contributed by atoms with Gasteiger partial charge in [0.2, 0.25) is 0 Å². The summed E-state index contributed by atoms with van der Waals surface area (Å²) in [6, 6.07) is 13.9. The topological polar surface area (TPSA) is 79.5 Å². The Bertz CT molecular complexity index is 881. The number of carbonyl (C=O) groups is 2. The highest BCUT2D eigenvalue weighted by molar-refractivity contribution is 7.80. The lowest BCUT2D eigenvalue weighted by Gasteiger charge is -2.13. The number of benzene rings is 2. The summed E-state index contributed by atoms with van der Waals surface area (Å²) < 4.78 is 5.66. The Morgan fingerprint density at radius 3 is 2.28 bits per heavy atom. The molecule has 7 heteroatoms. The van der Waals surface area contributed by atoms with E-state index in [4.69, 9.17) is 17.0 Å². The van der Waals surface area contributed by atoms with Crippen LogP contribution >= 0.6 is 12.2 Å². The number of rotatable bonds is 7. The van der Waals surface area contributed by atoms with Gasteiger partial charge in [-0.25, -0.2) is 0 Å². The number of anilines is 1. The normalized spacial score (nSPS) is 10.6. The summed E-state index contributed by atoms with van der Waals surface area (Å²) in [5, 5.41) is 8.56. The first kappa shape index (κ1) is 22.4. The zero-order valence-electron chi connectivity index (χ0n) is 17.1. The third-order valence-corrected chi connectivity index (χ3v) is 3.91. The van der Waals surface area contributed by atoms with Crippen LogP contribution < -0.4 is 20.7 Å². The first-order valence-electron chi connectivity index (χ1n) is 9.50. The lowest BCUT2D eigenvalue weighted by molar-refractivity contribution is 0.0941. The molecule has 0 saturated heterocycles. The fourth-order valence-corrected chi connectivity index (χ4v) is 2.62. The van der Waals surface area contributed by atoms with Gasteiger partial charge >= 0.3 is 0 Å². The minimum atomic E-state index is -0.341. The van der Waals surface area contributed by atoms with E-state index in [-0.39, 0.29) is 23.0 Å². The van der Waals surface area contributed by atoms with Crippen molar-refractivity contribution in [2.24, 2.45) is 5.92 Å². The highest BCUT2D eigenvalue weighted by atomic mass is 32.1. The number of thiocarbonyl (C=S) groups is 1. The molecule has 0 atom stereocenters. The monoisotopic (exact) mass is 413 g/mol. The van der Waals surface area contributed by atoms with Crippen LogP contribution in [0.2, 0.25) is 0 Å². The predicted octanol–water partition coefficient (Wildman–Crippen LogP) is 3.99. The molecule has 2 rings (SSSR count). The molecule has 2 amide bonds. The fourth-order valence-electron chi connectivity index (χ4n) is 2.41. The second-order valence-electron chi connectivity index (χ2n) is 7.35. The average Bonchev–Trinajstić information content (AvgIpc) is 2.66. The fraction of sp³-hybridized carbons (Fsp3) is 0.318. The summed E-state index contributed by atoms with van der Waals surface area (Å²) in [4.78, 5) is 24.6. The number of ether oxygens (including phenoxy) is 1. The van der Waals surface area contributed by atoms with Crippen LogP contribution in [-0.4, -0.2) is 29.6 Å². The predicted molar refractivity (Wildman–Crippen MR) is 120 cm³/mol. The summed E-state index contributed by atoms with van der Waals surface area (Å²) in [6.45, 7) is 8.48. The molecule has 0 aliphatic rings. The van der Waals surface area contributed by atoms with Gasteiger partial charge in [-0.2, -0.15) is 0 Å². The Hall–Kier alpha value is -2.93. The van der Waals surface area contributed by atoms with Crippen molar-refractivity contribution < 1.29 is 14.3 Å². The molecule has 0 radical (unpaired) electrons. The van der Waals surface area contributed by atoms with Crippen LogP contribution in [0, 0.1) is 5.92 Å². The summed E-state index contributed by atoms with van der Waals surface area (Å²) in [5.74, 6) is 0.514. The van der Waals surface area contributed by atoms with E-state index in [1.54, 1.807) is 42.5 Å². The van der Waals surface area contributed by atoms with Gasteiger partial charge in [-0.05, 0) is 68.4 Å². The second-order valence-corrected chi connectivity index (χ2v) is 7.76. The minimum Gasteiger partial charge on any atom is -0.493 e. The van der Waals surface area contributed by atoms with E-state index in [0.717, 1.165) is 0 Å². The number of hydrogen-bond acceptors (Lipinski definition) is 4. The number of nitrogens with one attached hydrogen (secondary N) is 3. The van der Waals surface area contributed by atoms with E-state index in [9.17, 15) is 9.59 Å². The lowest BCUT2D eigenvalue weighted by atomic mass is 10.2. The average molecular weight is 414 g/mol. The Labute approximate surface area is 177 Å². The van der Waals surface area contributed by atoms with Crippen molar-refractivity contribution >= 4 is 34.8 Å². The zero-order chi connectivity index (χ0) is 21.4. The van der Waals surface area contributed by atoms with E-state index in [1.807, 2.05) is 19.9 Å². The van der Waals surface area contributed by atoms with Crippen molar-refractivity contribution in [2.75, 3.05) is 11.9 Å². The Morgan fingerprint density at radius 1 is 0.966 bits per heavy atom. The number of carbonyl (C=O) groups excluding carboxylic acids is 2. The standard InChI is InChI=1S/C22H27N3O3S/c1-14(2)13-28-19-10-6-8-17(12-19)21(27)25-22(29)24-18-9-5-7-16(11-18)20(26)23-15(3)4/h5-12,14-15H,13H2,1-4H3,(H,23,26)(H2,24,25,27,29). The maximum Gasteiger partial charge on any atom is 0.257 e. The molecule has 0 aliphatic heterocycles. The van der Waals surface area contributed by atoms with Crippen LogP contribution in [-0.2, 0) is 0 Å². The minimum absolute atomic E-state index is 0.0414. The van der Waals surface area contributed by atoms with Gasteiger partial charge in [0.05, 0.1) is 6.61 Å². The van der Waals surface area contributed by atoms with Crippen LogP contribution in [0.5, 0.6) is 5.75 Å². The summed E-state index contributed by atoms with van der Waals surface area (Å²) in [7, 11) is 0. The van der Waals surface area contributed by atoms with Crippen LogP contribution in [0.25, 0.3) is 0 Å². The second kappa shape index (κ2) is 10.6. The largest absolute Gasteiger partial charge is 0.493 e. The van der Waals surface area contributed by atoms with Crippen molar-refractivity contribution in [3.05, 3.63) is 59.7 Å². The summed E-state index contributed by atoms with van der Waals surface area (Å²) >= 11 is 5.23. The van der Waals surface area contributed by atoms with Crippen molar-refractivity contribution in [3.63, 3.8) is 0 Å². The van der Waals surface area contributed by atoms with Crippen LogP contribution in [0.4, 0.5) is 5.69 Å². The van der Waals surface area contributed by atoms with E-state index < -0.39 is 0 Å².